The Kier molecular flexibility index (Phi) is 4.39. The molecule has 1 aromatic heterocycles. The van der Waals surface area contributed by atoms with Gasteiger partial charge in [-0.05, 0) is 24.3 Å². The van der Waals surface area contributed by atoms with E-state index in [9.17, 15) is 5.11 Å². The number of aliphatic hydroxyl groups excluding tert-OH is 1. The van der Waals surface area contributed by atoms with Crippen LogP contribution in [-0.4, -0.2) is 28.2 Å². The summed E-state index contributed by atoms with van der Waals surface area (Å²) < 4.78 is 3.28. The minimum absolute atomic E-state index is 0.194. The Morgan fingerprint density at radius 2 is 1.81 bits per heavy atom. The molecule has 0 aliphatic carbocycles. The summed E-state index contributed by atoms with van der Waals surface area (Å²) in [7, 11) is 0. The maximum absolute atomic E-state index is 9.63. The second-order valence-electron chi connectivity index (χ2n) is 4.67. The first-order valence-corrected chi connectivity index (χ1v) is 8.05. The molecule has 1 atom stereocenters. The van der Waals surface area contributed by atoms with Crippen molar-refractivity contribution in [1.29, 1.82) is 0 Å². The molecule has 0 bridgehead atoms. The first-order valence-electron chi connectivity index (χ1n) is 6.70. The number of fused-ring (bicyclic) bond motifs is 1. The summed E-state index contributed by atoms with van der Waals surface area (Å²) in [5.74, 6) is 0.194. The molecule has 3 rings (SSSR count). The summed E-state index contributed by atoms with van der Waals surface area (Å²) in [6.07, 6.45) is -0.610. The van der Waals surface area contributed by atoms with Crippen molar-refractivity contribution >= 4 is 33.2 Å². The molecule has 0 saturated heterocycles. The molecule has 108 valence electrons. The van der Waals surface area contributed by atoms with Crippen LogP contribution in [0.25, 0.3) is 15.9 Å². The fourth-order valence-corrected chi connectivity index (χ4v) is 3.28. The predicted octanol–water partition coefficient (Wildman–Crippen LogP) is 3.19. The molecule has 0 aliphatic heterocycles. The van der Waals surface area contributed by atoms with E-state index in [2.05, 4.69) is 33.8 Å². The standard InChI is InChI=1S/C16H15ClN2OS/c17-10-13(20)11-18-16-19(12-6-2-1-3-7-12)14-8-4-5-9-15(14)21-16/h1-9,13,20H,10-11H2/t13-/m0/s1. The molecule has 0 spiro atoms. The van der Waals surface area contributed by atoms with Gasteiger partial charge in [0.05, 0.1) is 28.7 Å². The molecule has 1 heterocycles. The van der Waals surface area contributed by atoms with Crippen molar-refractivity contribution in [3.63, 3.8) is 0 Å². The number of rotatable bonds is 4. The van der Waals surface area contributed by atoms with Crippen LogP contribution in [0.5, 0.6) is 0 Å². The highest BCUT2D eigenvalue weighted by Gasteiger charge is 2.08. The van der Waals surface area contributed by atoms with Gasteiger partial charge in [-0.25, -0.2) is 0 Å². The zero-order chi connectivity index (χ0) is 14.7. The second-order valence-corrected chi connectivity index (χ2v) is 5.99. The SMILES string of the molecule is O[C@@H](CCl)CN=c1sc2ccccc2n1-c1ccccc1. The van der Waals surface area contributed by atoms with Gasteiger partial charge in [-0.3, -0.25) is 9.56 Å². The maximum Gasteiger partial charge on any atom is 0.190 e. The Hall–Kier alpha value is -1.62. The van der Waals surface area contributed by atoms with E-state index in [1.807, 2.05) is 30.3 Å². The smallest absolute Gasteiger partial charge is 0.190 e. The minimum atomic E-state index is -0.610. The Labute approximate surface area is 131 Å². The molecule has 3 aromatic rings. The van der Waals surface area contributed by atoms with Crippen LogP contribution in [0.15, 0.2) is 59.6 Å². The molecule has 1 N–H and O–H groups in total. The average Bonchev–Trinajstić information content (AvgIpc) is 2.91. The van der Waals surface area contributed by atoms with E-state index in [1.165, 1.54) is 4.70 Å². The van der Waals surface area contributed by atoms with Crippen molar-refractivity contribution < 1.29 is 5.11 Å². The summed E-state index contributed by atoms with van der Waals surface area (Å²) in [5, 5.41) is 9.63. The summed E-state index contributed by atoms with van der Waals surface area (Å²) in [4.78, 5) is 5.40. The van der Waals surface area contributed by atoms with E-state index in [4.69, 9.17) is 11.6 Å². The number of nitrogens with zero attached hydrogens (tertiary/aromatic N) is 2. The molecule has 0 unspecified atom stereocenters. The van der Waals surface area contributed by atoms with Crippen molar-refractivity contribution in [3.8, 4) is 5.69 Å². The average molecular weight is 319 g/mol. The van der Waals surface area contributed by atoms with Crippen LogP contribution in [0, 0.1) is 0 Å². The van der Waals surface area contributed by atoms with Crippen LogP contribution in [0.3, 0.4) is 0 Å². The van der Waals surface area contributed by atoms with Gasteiger partial charge in [0.15, 0.2) is 4.80 Å². The quantitative estimate of drug-likeness (QED) is 0.737. The molecule has 0 saturated carbocycles. The molecule has 2 aromatic carbocycles. The van der Waals surface area contributed by atoms with E-state index in [0.29, 0.717) is 6.54 Å². The lowest BCUT2D eigenvalue weighted by atomic mass is 10.3. The number of benzene rings is 2. The Morgan fingerprint density at radius 1 is 1.10 bits per heavy atom. The van der Waals surface area contributed by atoms with Gasteiger partial charge in [-0.2, -0.15) is 0 Å². The summed E-state index contributed by atoms with van der Waals surface area (Å²) in [5.41, 5.74) is 2.18. The predicted molar refractivity (Wildman–Crippen MR) is 88.3 cm³/mol. The van der Waals surface area contributed by atoms with Crippen LogP contribution in [-0.2, 0) is 0 Å². The van der Waals surface area contributed by atoms with E-state index in [1.54, 1.807) is 11.3 Å². The van der Waals surface area contributed by atoms with Gasteiger partial charge in [0.2, 0.25) is 0 Å². The van der Waals surface area contributed by atoms with Gasteiger partial charge >= 0.3 is 0 Å². The van der Waals surface area contributed by atoms with Crippen LogP contribution in [0.4, 0.5) is 0 Å². The van der Waals surface area contributed by atoms with Gasteiger partial charge in [0.25, 0.3) is 0 Å². The largest absolute Gasteiger partial charge is 0.390 e. The van der Waals surface area contributed by atoms with Gasteiger partial charge < -0.3 is 5.11 Å². The summed E-state index contributed by atoms with van der Waals surface area (Å²) in [6, 6.07) is 18.3. The summed E-state index contributed by atoms with van der Waals surface area (Å²) in [6.45, 7) is 0.309. The molecule has 0 aliphatic rings. The highest BCUT2D eigenvalue weighted by Crippen LogP contribution is 2.20. The number of hydrogen-bond donors (Lipinski definition) is 1. The van der Waals surface area contributed by atoms with Crippen molar-refractivity contribution in [1.82, 2.24) is 4.57 Å². The third kappa shape index (κ3) is 3.02. The first-order chi connectivity index (χ1) is 10.3. The number of aliphatic hydroxyl groups is 1. The third-order valence-electron chi connectivity index (χ3n) is 3.13. The summed E-state index contributed by atoms with van der Waals surface area (Å²) >= 11 is 7.25. The normalized spacial score (nSPS) is 13.7. The lowest BCUT2D eigenvalue weighted by Crippen LogP contribution is -2.18. The van der Waals surface area contributed by atoms with Gasteiger partial charge in [-0.15, -0.1) is 11.6 Å². The van der Waals surface area contributed by atoms with E-state index >= 15 is 0 Å². The molecule has 0 fully saturated rings. The molecular weight excluding hydrogens is 304 g/mol. The Balaban J connectivity index is 2.20. The number of thiazole rings is 1. The lowest BCUT2D eigenvalue weighted by molar-refractivity contribution is 0.206. The highest BCUT2D eigenvalue weighted by atomic mass is 35.5. The van der Waals surface area contributed by atoms with Crippen LogP contribution in [0.1, 0.15) is 0 Å². The third-order valence-corrected chi connectivity index (χ3v) is 4.54. The number of alkyl halides is 1. The Morgan fingerprint density at radius 3 is 2.57 bits per heavy atom. The fourth-order valence-electron chi connectivity index (χ4n) is 2.14. The molecule has 3 nitrogen and oxygen atoms in total. The fraction of sp³-hybridized carbons (Fsp3) is 0.188. The maximum atomic E-state index is 9.63. The first kappa shape index (κ1) is 14.3. The van der Waals surface area contributed by atoms with Crippen molar-refractivity contribution in [2.24, 2.45) is 4.99 Å². The van der Waals surface area contributed by atoms with Crippen LogP contribution >= 0.6 is 22.9 Å². The number of hydrogen-bond acceptors (Lipinski definition) is 3. The minimum Gasteiger partial charge on any atom is -0.390 e. The van der Waals surface area contributed by atoms with Gasteiger partial charge in [-0.1, -0.05) is 41.7 Å². The van der Waals surface area contributed by atoms with Gasteiger partial charge in [0, 0.05) is 5.69 Å². The zero-order valence-electron chi connectivity index (χ0n) is 11.3. The zero-order valence-corrected chi connectivity index (χ0v) is 12.9. The molecule has 21 heavy (non-hydrogen) atoms. The van der Waals surface area contributed by atoms with Crippen molar-refractivity contribution in [3.05, 3.63) is 59.4 Å². The number of aromatic nitrogens is 1. The molecule has 5 heteroatoms. The topological polar surface area (TPSA) is 37.5 Å². The van der Waals surface area contributed by atoms with E-state index < -0.39 is 6.10 Å². The van der Waals surface area contributed by atoms with Crippen molar-refractivity contribution in [2.45, 2.75) is 6.10 Å². The van der Waals surface area contributed by atoms with E-state index in [0.717, 1.165) is 16.0 Å². The second kappa shape index (κ2) is 6.43. The number of halogens is 1. The van der Waals surface area contributed by atoms with Crippen molar-refractivity contribution in [2.75, 3.05) is 12.4 Å². The highest BCUT2D eigenvalue weighted by molar-refractivity contribution is 7.16. The molecular formula is C16H15ClN2OS. The molecule has 0 radical (unpaired) electrons. The number of para-hydroxylation sites is 2. The van der Waals surface area contributed by atoms with Crippen LogP contribution < -0.4 is 4.80 Å². The molecule has 0 amide bonds. The Bertz CT molecular complexity index is 795. The monoisotopic (exact) mass is 318 g/mol. The van der Waals surface area contributed by atoms with Gasteiger partial charge in [0.1, 0.15) is 0 Å². The lowest BCUT2D eigenvalue weighted by Gasteiger charge is -2.05. The van der Waals surface area contributed by atoms with Crippen LogP contribution in [0.2, 0.25) is 0 Å². The van der Waals surface area contributed by atoms with E-state index in [-0.39, 0.29) is 5.88 Å².